The van der Waals surface area contributed by atoms with Gasteiger partial charge in [-0.3, -0.25) is 15.1 Å². The summed E-state index contributed by atoms with van der Waals surface area (Å²) in [6.07, 6.45) is 3.24. The number of halogens is 1. The van der Waals surface area contributed by atoms with Crippen LogP contribution in [0.5, 0.6) is 0 Å². The van der Waals surface area contributed by atoms with Gasteiger partial charge >= 0.3 is 0 Å². The van der Waals surface area contributed by atoms with Crippen LogP contribution in [0.4, 0.5) is 10.3 Å². The van der Waals surface area contributed by atoms with Crippen molar-refractivity contribution in [1.29, 1.82) is 0 Å². The molecule has 0 saturated carbocycles. The van der Waals surface area contributed by atoms with Gasteiger partial charge in [-0.05, 0) is 48.9 Å². The fraction of sp³-hybridized carbons (Fsp3) is 0.118. The highest BCUT2D eigenvalue weighted by Crippen LogP contribution is 2.37. The zero-order valence-corrected chi connectivity index (χ0v) is 12.9. The van der Waals surface area contributed by atoms with Gasteiger partial charge in [-0.25, -0.2) is 4.39 Å². The van der Waals surface area contributed by atoms with Crippen LogP contribution in [0, 0.1) is 5.82 Å². The van der Waals surface area contributed by atoms with Crippen LogP contribution in [-0.2, 0) is 4.79 Å². The number of anilines is 1. The number of nitrogens with zero attached hydrogens (tertiary/aromatic N) is 2. The Morgan fingerprint density at radius 3 is 2.46 bits per heavy atom. The van der Waals surface area contributed by atoms with E-state index in [1.165, 1.54) is 12.1 Å². The molecule has 0 fully saturated rings. The van der Waals surface area contributed by atoms with Crippen molar-refractivity contribution < 1.29 is 13.7 Å². The largest absolute Gasteiger partial charge is 0.337 e. The molecule has 7 heteroatoms. The highest BCUT2D eigenvalue weighted by molar-refractivity contribution is 5.99. The molecule has 122 valence electrons. The molecule has 0 unspecified atom stereocenters. The van der Waals surface area contributed by atoms with Gasteiger partial charge in [-0.1, -0.05) is 5.16 Å². The number of nitrogens with two attached hydrogens (primary N) is 1. The minimum Gasteiger partial charge on any atom is -0.337 e. The smallest absolute Gasteiger partial charge is 0.243 e. The van der Waals surface area contributed by atoms with Crippen LogP contribution >= 0.6 is 0 Å². The predicted molar refractivity (Wildman–Crippen MR) is 87.4 cm³/mol. The summed E-state index contributed by atoms with van der Waals surface area (Å²) in [7, 11) is 0. The molecule has 24 heavy (non-hydrogen) atoms. The van der Waals surface area contributed by atoms with Gasteiger partial charge in [0.15, 0.2) is 0 Å². The lowest BCUT2D eigenvalue weighted by Crippen LogP contribution is -2.32. The van der Waals surface area contributed by atoms with Crippen molar-refractivity contribution in [3.05, 3.63) is 54.6 Å². The molecule has 0 spiro atoms. The maximum atomic E-state index is 13.2. The zero-order valence-electron chi connectivity index (χ0n) is 12.9. The van der Waals surface area contributed by atoms with E-state index in [0.29, 0.717) is 16.8 Å². The van der Waals surface area contributed by atoms with E-state index >= 15 is 0 Å². The lowest BCUT2D eigenvalue weighted by molar-refractivity contribution is -0.117. The summed E-state index contributed by atoms with van der Waals surface area (Å²) < 4.78 is 18.5. The number of benzene rings is 1. The first kappa shape index (κ1) is 15.8. The van der Waals surface area contributed by atoms with Gasteiger partial charge in [-0.15, -0.1) is 0 Å². The number of nitrogens with one attached hydrogen (secondary N) is 1. The van der Waals surface area contributed by atoms with Crippen LogP contribution in [0.3, 0.4) is 0 Å². The molecule has 1 amide bonds. The molecule has 1 aromatic carbocycles. The first-order chi connectivity index (χ1) is 11.6. The van der Waals surface area contributed by atoms with Crippen LogP contribution in [0.15, 0.2) is 53.3 Å². The van der Waals surface area contributed by atoms with Gasteiger partial charge in [-0.2, -0.15) is 0 Å². The van der Waals surface area contributed by atoms with Crippen molar-refractivity contribution in [3.8, 4) is 22.4 Å². The monoisotopic (exact) mass is 326 g/mol. The van der Waals surface area contributed by atoms with E-state index in [9.17, 15) is 9.18 Å². The van der Waals surface area contributed by atoms with Gasteiger partial charge in [0.2, 0.25) is 11.8 Å². The fourth-order valence-electron chi connectivity index (χ4n) is 2.19. The number of amides is 1. The molecular weight excluding hydrogens is 311 g/mol. The summed E-state index contributed by atoms with van der Waals surface area (Å²) in [5.74, 6) is -0.562. The SMILES string of the molecule is C[C@H](N)C(=O)Nc1onc(-c2ccc(F)cc2)c1-c1ccncc1. The third-order valence-corrected chi connectivity index (χ3v) is 3.43. The topological polar surface area (TPSA) is 94.0 Å². The Kier molecular flexibility index (Phi) is 4.35. The van der Waals surface area contributed by atoms with Crippen molar-refractivity contribution >= 4 is 11.8 Å². The first-order valence-corrected chi connectivity index (χ1v) is 7.28. The summed E-state index contributed by atoms with van der Waals surface area (Å²) in [5, 5.41) is 6.65. The summed E-state index contributed by atoms with van der Waals surface area (Å²) in [6, 6.07) is 8.68. The predicted octanol–water partition coefficient (Wildman–Crippen LogP) is 2.83. The molecule has 2 heterocycles. The molecule has 3 aromatic rings. The maximum absolute atomic E-state index is 13.2. The van der Waals surface area contributed by atoms with Crippen molar-refractivity contribution in [3.63, 3.8) is 0 Å². The van der Waals surface area contributed by atoms with Crippen molar-refractivity contribution in [2.45, 2.75) is 13.0 Å². The number of carbonyl (C=O) groups is 1. The Morgan fingerprint density at radius 1 is 1.17 bits per heavy atom. The lowest BCUT2D eigenvalue weighted by atomic mass is 10.0. The van der Waals surface area contributed by atoms with Gasteiger partial charge in [0.25, 0.3) is 0 Å². The van der Waals surface area contributed by atoms with Gasteiger partial charge < -0.3 is 10.3 Å². The molecule has 3 N–H and O–H groups in total. The summed E-state index contributed by atoms with van der Waals surface area (Å²) in [6.45, 7) is 1.57. The molecular formula is C17H15FN4O2. The van der Waals surface area contributed by atoms with E-state index in [2.05, 4.69) is 15.5 Å². The minimum atomic E-state index is -0.699. The lowest BCUT2D eigenvalue weighted by Gasteiger charge is -2.07. The second kappa shape index (κ2) is 6.59. The molecule has 6 nitrogen and oxygen atoms in total. The van der Waals surface area contributed by atoms with Crippen molar-refractivity contribution in [1.82, 2.24) is 10.1 Å². The third kappa shape index (κ3) is 3.16. The standard InChI is InChI=1S/C17H15FN4O2/c1-10(19)16(23)21-17-14(11-6-8-20-9-7-11)15(22-24-17)12-2-4-13(18)5-3-12/h2-10H,19H2,1H3,(H,21,23)/t10-/m0/s1. The van der Waals surface area contributed by atoms with E-state index in [1.807, 2.05) is 0 Å². The molecule has 2 aromatic heterocycles. The molecule has 1 atom stereocenters. The van der Waals surface area contributed by atoms with Gasteiger partial charge in [0.1, 0.15) is 11.5 Å². The molecule has 0 aliphatic heterocycles. The number of carbonyl (C=O) groups excluding carboxylic acids is 1. The third-order valence-electron chi connectivity index (χ3n) is 3.43. The minimum absolute atomic E-state index is 0.183. The van der Waals surface area contributed by atoms with Gasteiger partial charge in [0.05, 0.1) is 11.6 Å². The molecule has 0 aliphatic rings. The number of hydrogen-bond acceptors (Lipinski definition) is 5. The van der Waals surface area contributed by atoms with Crippen molar-refractivity contribution in [2.24, 2.45) is 5.73 Å². The quantitative estimate of drug-likeness (QED) is 0.769. The number of rotatable bonds is 4. The molecule has 0 saturated heterocycles. The zero-order chi connectivity index (χ0) is 17.1. The summed E-state index contributed by atoms with van der Waals surface area (Å²) >= 11 is 0. The van der Waals surface area contributed by atoms with E-state index < -0.39 is 11.9 Å². The van der Waals surface area contributed by atoms with E-state index in [1.54, 1.807) is 43.6 Å². The Hall–Kier alpha value is -3.06. The molecule has 0 radical (unpaired) electrons. The van der Waals surface area contributed by atoms with E-state index in [-0.39, 0.29) is 11.7 Å². The Bertz CT molecular complexity index is 845. The average molecular weight is 326 g/mol. The first-order valence-electron chi connectivity index (χ1n) is 7.28. The Balaban J connectivity index is 2.11. The normalized spacial score (nSPS) is 12.0. The Labute approximate surface area is 137 Å². The van der Waals surface area contributed by atoms with Crippen LogP contribution < -0.4 is 11.1 Å². The van der Waals surface area contributed by atoms with Gasteiger partial charge in [0, 0.05) is 18.0 Å². The summed E-state index contributed by atoms with van der Waals surface area (Å²) in [5.41, 5.74) is 8.07. The van der Waals surface area contributed by atoms with Crippen LogP contribution in [-0.4, -0.2) is 22.1 Å². The average Bonchev–Trinajstić information content (AvgIpc) is 2.99. The second-order valence-corrected chi connectivity index (χ2v) is 5.26. The van der Waals surface area contributed by atoms with Crippen molar-refractivity contribution in [2.75, 3.05) is 5.32 Å². The second-order valence-electron chi connectivity index (χ2n) is 5.26. The molecule has 0 bridgehead atoms. The fourth-order valence-corrected chi connectivity index (χ4v) is 2.19. The van der Waals surface area contributed by atoms with Crippen LogP contribution in [0.25, 0.3) is 22.4 Å². The van der Waals surface area contributed by atoms with Crippen LogP contribution in [0.1, 0.15) is 6.92 Å². The molecule has 0 aliphatic carbocycles. The van der Waals surface area contributed by atoms with E-state index in [4.69, 9.17) is 10.3 Å². The number of hydrogen-bond donors (Lipinski definition) is 2. The van der Waals surface area contributed by atoms with E-state index in [0.717, 1.165) is 5.56 Å². The molecule has 3 rings (SSSR count). The maximum Gasteiger partial charge on any atom is 0.243 e. The number of pyridine rings is 1. The van der Waals surface area contributed by atoms with Crippen LogP contribution in [0.2, 0.25) is 0 Å². The summed E-state index contributed by atoms with van der Waals surface area (Å²) in [4.78, 5) is 15.9. The highest BCUT2D eigenvalue weighted by atomic mass is 19.1. The highest BCUT2D eigenvalue weighted by Gasteiger charge is 2.22. The Morgan fingerprint density at radius 2 is 1.83 bits per heavy atom. The number of aromatic nitrogens is 2.